The highest BCUT2D eigenvalue weighted by atomic mass is 32.2. The van der Waals surface area contributed by atoms with E-state index in [-0.39, 0.29) is 11.8 Å². The van der Waals surface area contributed by atoms with E-state index in [1.54, 1.807) is 18.7 Å². The molecular weight excluding hydrogens is 308 g/mol. The fraction of sp³-hybridized carbons (Fsp3) is 0.769. The van der Waals surface area contributed by atoms with Gasteiger partial charge in [0.05, 0.1) is 11.4 Å². The van der Waals surface area contributed by atoms with Crippen LogP contribution in [0, 0.1) is 6.92 Å². The van der Waals surface area contributed by atoms with E-state index in [0.717, 1.165) is 17.3 Å². The van der Waals surface area contributed by atoms with Crippen molar-refractivity contribution in [1.29, 1.82) is 0 Å². The van der Waals surface area contributed by atoms with Crippen LogP contribution in [-0.4, -0.2) is 47.4 Å². The first-order chi connectivity index (χ1) is 9.79. The van der Waals surface area contributed by atoms with Crippen molar-refractivity contribution in [2.75, 3.05) is 34.4 Å². The van der Waals surface area contributed by atoms with Gasteiger partial charge in [-0.3, -0.25) is 0 Å². The fourth-order valence-corrected chi connectivity index (χ4v) is 5.48. The first kappa shape index (κ1) is 16.5. The summed E-state index contributed by atoms with van der Waals surface area (Å²) in [6.07, 6.45) is 0. The summed E-state index contributed by atoms with van der Waals surface area (Å²) in [5.74, 6) is 2.38. The number of hydrogen-bond donors (Lipinski definition) is 1. The molecule has 2 rings (SSSR count). The zero-order chi connectivity index (χ0) is 15.8. The van der Waals surface area contributed by atoms with Crippen molar-refractivity contribution in [2.24, 2.45) is 0 Å². The molecule has 0 radical (unpaired) electrons. The molecule has 0 amide bonds. The van der Waals surface area contributed by atoms with Gasteiger partial charge < -0.3 is 10.6 Å². The minimum Gasteiger partial charge on any atom is -0.394 e. The Hall–Kier alpha value is -0.890. The standard InChI is InChI=1S/C13H24N4O2S2/c1-5-21(18,19)11-8-20-7-6-16(11)13-12(14)10(4)15-17(13)9(2)3/h9,11H,5-8,14H2,1-4H3. The molecule has 0 aromatic carbocycles. The van der Waals surface area contributed by atoms with Crippen LogP contribution >= 0.6 is 11.8 Å². The van der Waals surface area contributed by atoms with Crippen molar-refractivity contribution >= 4 is 33.1 Å². The molecule has 1 saturated heterocycles. The number of aromatic nitrogens is 2. The van der Waals surface area contributed by atoms with E-state index >= 15 is 0 Å². The Kier molecular flexibility index (Phi) is 4.77. The van der Waals surface area contributed by atoms with Gasteiger partial charge in [0, 0.05) is 29.8 Å². The number of nitrogens with two attached hydrogens (primary N) is 1. The first-order valence-electron chi connectivity index (χ1n) is 7.20. The van der Waals surface area contributed by atoms with Crippen LogP contribution in [-0.2, 0) is 9.84 Å². The lowest BCUT2D eigenvalue weighted by molar-refractivity contribution is 0.517. The predicted octanol–water partition coefficient (Wildman–Crippen LogP) is 1.67. The lowest BCUT2D eigenvalue weighted by Gasteiger charge is -2.37. The predicted molar refractivity (Wildman–Crippen MR) is 89.7 cm³/mol. The van der Waals surface area contributed by atoms with E-state index in [4.69, 9.17) is 5.73 Å². The minimum absolute atomic E-state index is 0.135. The van der Waals surface area contributed by atoms with Crippen LogP contribution in [0.3, 0.4) is 0 Å². The summed E-state index contributed by atoms with van der Waals surface area (Å²) >= 11 is 1.68. The summed E-state index contributed by atoms with van der Waals surface area (Å²) < 4.78 is 26.7. The molecule has 8 heteroatoms. The average molecular weight is 332 g/mol. The molecule has 0 spiro atoms. The second kappa shape index (κ2) is 6.08. The molecule has 120 valence electrons. The summed E-state index contributed by atoms with van der Waals surface area (Å²) in [5.41, 5.74) is 7.54. The van der Waals surface area contributed by atoms with Gasteiger partial charge in [-0.2, -0.15) is 16.9 Å². The van der Waals surface area contributed by atoms with Crippen LogP contribution in [0.4, 0.5) is 11.5 Å². The maximum absolute atomic E-state index is 12.4. The van der Waals surface area contributed by atoms with Gasteiger partial charge >= 0.3 is 0 Å². The monoisotopic (exact) mass is 332 g/mol. The third-order valence-electron chi connectivity index (χ3n) is 3.77. The highest BCUT2D eigenvalue weighted by molar-refractivity contribution is 8.01. The zero-order valence-electron chi connectivity index (χ0n) is 13.0. The van der Waals surface area contributed by atoms with E-state index in [1.807, 2.05) is 30.4 Å². The van der Waals surface area contributed by atoms with Gasteiger partial charge in [0.2, 0.25) is 0 Å². The maximum atomic E-state index is 12.4. The second-order valence-electron chi connectivity index (χ2n) is 5.54. The molecule has 2 heterocycles. The van der Waals surface area contributed by atoms with Gasteiger partial charge in [0.15, 0.2) is 15.7 Å². The van der Waals surface area contributed by atoms with Crippen molar-refractivity contribution in [2.45, 2.75) is 39.1 Å². The van der Waals surface area contributed by atoms with Crippen molar-refractivity contribution in [1.82, 2.24) is 9.78 Å². The maximum Gasteiger partial charge on any atom is 0.171 e. The average Bonchev–Trinajstić information content (AvgIpc) is 2.75. The SMILES string of the molecule is CCS(=O)(=O)C1CSCCN1c1c(N)c(C)nn1C(C)C. The van der Waals surface area contributed by atoms with Crippen LogP contribution in [0.1, 0.15) is 32.5 Å². The van der Waals surface area contributed by atoms with Crippen LogP contribution in [0.2, 0.25) is 0 Å². The third kappa shape index (κ3) is 3.01. The normalized spacial score (nSPS) is 20.2. The summed E-state index contributed by atoms with van der Waals surface area (Å²) in [4.78, 5) is 1.94. The number of nitrogen functional groups attached to an aromatic ring is 1. The fourth-order valence-electron chi connectivity index (χ4n) is 2.51. The lowest BCUT2D eigenvalue weighted by atomic mass is 10.3. The molecule has 21 heavy (non-hydrogen) atoms. The Morgan fingerprint density at radius 1 is 1.48 bits per heavy atom. The molecule has 2 N–H and O–H groups in total. The van der Waals surface area contributed by atoms with Crippen LogP contribution in [0.25, 0.3) is 0 Å². The molecule has 1 unspecified atom stereocenters. The second-order valence-corrected chi connectivity index (χ2v) is 9.13. The third-order valence-corrected chi connectivity index (χ3v) is 7.06. The van der Waals surface area contributed by atoms with Gasteiger partial charge in [0.1, 0.15) is 5.37 Å². The Labute approximate surface area is 131 Å². The Bertz CT molecular complexity index is 610. The van der Waals surface area contributed by atoms with E-state index in [1.165, 1.54) is 0 Å². The van der Waals surface area contributed by atoms with Gasteiger partial charge in [-0.15, -0.1) is 0 Å². The van der Waals surface area contributed by atoms with Crippen molar-refractivity contribution in [3.63, 3.8) is 0 Å². The van der Waals surface area contributed by atoms with Gasteiger partial charge in [0.25, 0.3) is 0 Å². The molecule has 1 aliphatic rings. The number of thioether (sulfide) groups is 1. The van der Waals surface area contributed by atoms with Crippen molar-refractivity contribution < 1.29 is 8.42 Å². The number of nitrogens with zero attached hydrogens (tertiary/aromatic N) is 3. The van der Waals surface area contributed by atoms with E-state index in [9.17, 15) is 8.42 Å². The summed E-state index contributed by atoms with van der Waals surface area (Å²) in [7, 11) is -3.16. The van der Waals surface area contributed by atoms with Crippen molar-refractivity contribution in [3.05, 3.63) is 5.69 Å². The lowest BCUT2D eigenvalue weighted by Crippen LogP contribution is -2.49. The quantitative estimate of drug-likeness (QED) is 0.903. The molecule has 1 aromatic rings. The van der Waals surface area contributed by atoms with Crippen molar-refractivity contribution in [3.8, 4) is 0 Å². The van der Waals surface area contributed by atoms with Gasteiger partial charge in [-0.05, 0) is 20.8 Å². The van der Waals surface area contributed by atoms with E-state index in [0.29, 0.717) is 18.0 Å². The zero-order valence-corrected chi connectivity index (χ0v) is 14.7. The van der Waals surface area contributed by atoms with Crippen LogP contribution in [0.5, 0.6) is 0 Å². The molecule has 1 fully saturated rings. The summed E-state index contributed by atoms with van der Waals surface area (Å²) in [6, 6.07) is 0.135. The topological polar surface area (TPSA) is 81.2 Å². The number of sulfone groups is 1. The van der Waals surface area contributed by atoms with E-state index in [2.05, 4.69) is 5.10 Å². The molecule has 6 nitrogen and oxygen atoms in total. The molecular formula is C13H24N4O2S2. The highest BCUT2D eigenvalue weighted by Crippen LogP contribution is 2.34. The molecule has 1 aromatic heterocycles. The largest absolute Gasteiger partial charge is 0.394 e. The number of rotatable bonds is 4. The number of aryl methyl sites for hydroxylation is 1. The molecule has 0 bridgehead atoms. The van der Waals surface area contributed by atoms with Gasteiger partial charge in [-0.1, -0.05) is 6.92 Å². The van der Waals surface area contributed by atoms with Crippen LogP contribution in [0.15, 0.2) is 0 Å². The summed E-state index contributed by atoms with van der Waals surface area (Å²) in [5, 5.41) is 3.96. The first-order valence-corrected chi connectivity index (χ1v) is 10.1. The number of hydrogen-bond acceptors (Lipinski definition) is 6. The molecule has 0 saturated carbocycles. The van der Waals surface area contributed by atoms with Crippen LogP contribution < -0.4 is 10.6 Å². The Morgan fingerprint density at radius 2 is 2.14 bits per heavy atom. The Balaban J connectivity index is 2.52. The minimum atomic E-state index is -3.16. The molecule has 1 aliphatic heterocycles. The Morgan fingerprint density at radius 3 is 2.71 bits per heavy atom. The molecule has 0 aliphatic carbocycles. The van der Waals surface area contributed by atoms with Gasteiger partial charge in [-0.25, -0.2) is 13.1 Å². The number of anilines is 2. The smallest absolute Gasteiger partial charge is 0.171 e. The van der Waals surface area contributed by atoms with E-state index < -0.39 is 15.2 Å². The summed E-state index contributed by atoms with van der Waals surface area (Å²) in [6.45, 7) is 8.28. The highest BCUT2D eigenvalue weighted by Gasteiger charge is 2.36. The molecule has 1 atom stereocenters.